The van der Waals surface area contributed by atoms with Crippen LogP contribution >= 0.6 is 0 Å². The Balaban J connectivity index is 0.00000116. The lowest BCUT2D eigenvalue weighted by atomic mass is 10.2. The van der Waals surface area contributed by atoms with Crippen LogP contribution in [-0.2, 0) is 4.74 Å². The molecule has 2 N–H and O–H groups in total. The molecule has 1 aromatic rings. The Morgan fingerprint density at radius 1 is 1.18 bits per heavy atom. The van der Waals surface area contributed by atoms with Gasteiger partial charge in [-0.1, -0.05) is 13.8 Å². The van der Waals surface area contributed by atoms with Crippen molar-refractivity contribution in [3.63, 3.8) is 0 Å². The predicted octanol–water partition coefficient (Wildman–Crippen LogP) is 2.75. The average Bonchev–Trinajstić information content (AvgIpc) is 2.48. The standard InChI is InChI=1S/C14H22N4O2.C2H6/c1-14(2,3)20-13(19)18-8-6-17(7-9-18)12-5-4-11(15)10-16-12;1-2/h4-5,10H,6-9,15H2,1-3H3;1-2H3. The molecule has 1 aliphatic heterocycles. The number of nitrogens with two attached hydrogens (primary N) is 1. The highest BCUT2D eigenvalue weighted by molar-refractivity contribution is 5.68. The number of pyridine rings is 1. The highest BCUT2D eigenvalue weighted by Crippen LogP contribution is 2.16. The SMILES string of the molecule is CC.CC(C)(C)OC(=O)N1CCN(c2ccc(N)cn2)CC1. The van der Waals surface area contributed by atoms with E-state index in [0.29, 0.717) is 18.8 Å². The summed E-state index contributed by atoms with van der Waals surface area (Å²) in [5.74, 6) is 0.892. The van der Waals surface area contributed by atoms with Crippen LogP contribution in [0.25, 0.3) is 0 Å². The van der Waals surface area contributed by atoms with E-state index in [1.165, 1.54) is 0 Å². The summed E-state index contributed by atoms with van der Waals surface area (Å²) in [6, 6.07) is 3.74. The summed E-state index contributed by atoms with van der Waals surface area (Å²) in [5, 5.41) is 0. The number of nitrogen functional groups attached to an aromatic ring is 1. The maximum Gasteiger partial charge on any atom is 0.410 e. The van der Waals surface area contributed by atoms with Gasteiger partial charge in [-0.05, 0) is 32.9 Å². The molecule has 124 valence electrons. The molecule has 0 bridgehead atoms. The molecule has 0 radical (unpaired) electrons. The first kappa shape index (κ1) is 18.1. The predicted molar refractivity (Wildman–Crippen MR) is 90.0 cm³/mol. The summed E-state index contributed by atoms with van der Waals surface area (Å²) in [7, 11) is 0. The minimum Gasteiger partial charge on any atom is -0.444 e. The van der Waals surface area contributed by atoms with Gasteiger partial charge in [-0.2, -0.15) is 0 Å². The van der Waals surface area contributed by atoms with Crippen LogP contribution < -0.4 is 10.6 Å². The number of ether oxygens (including phenoxy) is 1. The molecule has 6 nitrogen and oxygen atoms in total. The van der Waals surface area contributed by atoms with Gasteiger partial charge in [-0.15, -0.1) is 0 Å². The molecule has 6 heteroatoms. The summed E-state index contributed by atoms with van der Waals surface area (Å²) in [6.45, 7) is 12.4. The molecule has 1 fully saturated rings. The van der Waals surface area contributed by atoms with E-state index in [1.807, 2.05) is 46.8 Å². The third-order valence-electron chi connectivity index (χ3n) is 3.03. The molecule has 1 saturated heterocycles. The number of carbonyl (C=O) groups is 1. The van der Waals surface area contributed by atoms with E-state index < -0.39 is 5.60 Å². The Bertz CT molecular complexity index is 460. The number of hydrogen-bond acceptors (Lipinski definition) is 5. The Labute approximate surface area is 133 Å². The van der Waals surface area contributed by atoms with Crippen LogP contribution in [0, 0.1) is 0 Å². The molecule has 2 rings (SSSR count). The molecule has 0 spiro atoms. The van der Waals surface area contributed by atoms with Crippen molar-refractivity contribution in [1.29, 1.82) is 0 Å². The van der Waals surface area contributed by atoms with Crippen molar-refractivity contribution in [3.8, 4) is 0 Å². The summed E-state index contributed by atoms with van der Waals surface area (Å²) in [6.07, 6.45) is 1.40. The van der Waals surface area contributed by atoms with Crippen molar-refractivity contribution < 1.29 is 9.53 Å². The van der Waals surface area contributed by atoms with Gasteiger partial charge in [0.1, 0.15) is 11.4 Å². The molecule has 1 amide bonds. The average molecular weight is 308 g/mol. The minimum atomic E-state index is -0.452. The minimum absolute atomic E-state index is 0.248. The van der Waals surface area contributed by atoms with Gasteiger partial charge in [0, 0.05) is 26.2 Å². The molecule has 22 heavy (non-hydrogen) atoms. The number of piperazine rings is 1. The maximum absolute atomic E-state index is 12.0. The molecule has 2 heterocycles. The van der Waals surface area contributed by atoms with Crippen LogP contribution in [0.3, 0.4) is 0 Å². The molecule has 0 saturated carbocycles. The lowest BCUT2D eigenvalue weighted by molar-refractivity contribution is 0.0240. The van der Waals surface area contributed by atoms with Gasteiger partial charge in [0.2, 0.25) is 0 Å². The molecule has 0 atom stereocenters. The van der Waals surface area contributed by atoms with Crippen LogP contribution in [0.2, 0.25) is 0 Å². The molecular formula is C16H28N4O2. The third-order valence-corrected chi connectivity index (χ3v) is 3.03. The fraction of sp³-hybridized carbons (Fsp3) is 0.625. The number of hydrogen-bond donors (Lipinski definition) is 1. The molecular weight excluding hydrogens is 280 g/mol. The van der Waals surface area contributed by atoms with Crippen LogP contribution in [0.1, 0.15) is 34.6 Å². The lowest BCUT2D eigenvalue weighted by Gasteiger charge is -2.36. The first-order valence-electron chi connectivity index (χ1n) is 7.79. The second-order valence-electron chi connectivity index (χ2n) is 5.90. The van der Waals surface area contributed by atoms with E-state index in [9.17, 15) is 4.79 Å². The number of anilines is 2. The van der Waals surface area contributed by atoms with E-state index in [2.05, 4.69) is 9.88 Å². The molecule has 0 unspecified atom stereocenters. The van der Waals surface area contributed by atoms with Crippen LogP contribution in [-0.4, -0.2) is 47.8 Å². The van der Waals surface area contributed by atoms with Crippen molar-refractivity contribution in [2.45, 2.75) is 40.2 Å². The van der Waals surface area contributed by atoms with Gasteiger partial charge in [-0.3, -0.25) is 0 Å². The second-order valence-corrected chi connectivity index (χ2v) is 5.90. The molecule has 0 aliphatic carbocycles. The first-order chi connectivity index (χ1) is 10.3. The van der Waals surface area contributed by atoms with E-state index in [0.717, 1.165) is 18.9 Å². The zero-order chi connectivity index (χ0) is 16.8. The quantitative estimate of drug-likeness (QED) is 0.863. The third kappa shape index (κ3) is 5.42. The van der Waals surface area contributed by atoms with Gasteiger partial charge in [0.05, 0.1) is 11.9 Å². The summed E-state index contributed by atoms with van der Waals surface area (Å²) in [4.78, 5) is 20.1. The van der Waals surface area contributed by atoms with Crippen molar-refractivity contribution in [3.05, 3.63) is 18.3 Å². The van der Waals surface area contributed by atoms with Crippen LogP contribution in [0.5, 0.6) is 0 Å². The monoisotopic (exact) mass is 308 g/mol. The summed E-state index contributed by atoms with van der Waals surface area (Å²) in [5.41, 5.74) is 5.83. The van der Waals surface area contributed by atoms with Crippen LogP contribution in [0.4, 0.5) is 16.3 Å². The van der Waals surface area contributed by atoms with Crippen molar-refractivity contribution in [2.24, 2.45) is 0 Å². The normalized spacial score (nSPS) is 15.0. The van der Waals surface area contributed by atoms with Gasteiger partial charge in [0.25, 0.3) is 0 Å². The Morgan fingerprint density at radius 3 is 2.23 bits per heavy atom. The lowest BCUT2D eigenvalue weighted by Crippen LogP contribution is -2.50. The Kier molecular flexibility index (Phi) is 6.46. The fourth-order valence-corrected chi connectivity index (χ4v) is 2.03. The second kappa shape index (κ2) is 7.87. The van der Waals surface area contributed by atoms with Gasteiger partial charge < -0.3 is 20.3 Å². The topological polar surface area (TPSA) is 71.7 Å². The number of aromatic nitrogens is 1. The highest BCUT2D eigenvalue weighted by Gasteiger charge is 2.26. The van der Waals surface area contributed by atoms with E-state index in [-0.39, 0.29) is 6.09 Å². The summed E-state index contributed by atoms with van der Waals surface area (Å²) < 4.78 is 5.37. The van der Waals surface area contributed by atoms with E-state index in [1.54, 1.807) is 11.1 Å². The number of carbonyl (C=O) groups excluding carboxylic acids is 1. The number of rotatable bonds is 1. The highest BCUT2D eigenvalue weighted by atomic mass is 16.6. The zero-order valence-electron chi connectivity index (χ0n) is 14.3. The zero-order valence-corrected chi connectivity index (χ0v) is 14.3. The van der Waals surface area contributed by atoms with Crippen molar-refractivity contribution >= 4 is 17.6 Å². The van der Waals surface area contributed by atoms with Gasteiger partial charge in [-0.25, -0.2) is 9.78 Å². The molecule has 0 aromatic carbocycles. The Hall–Kier alpha value is -1.98. The van der Waals surface area contributed by atoms with E-state index in [4.69, 9.17) is 10.5 Å². The van der Waals surface area contributed by atoms with E-state index >= 15 is 0 Å². The smallest absolute Gasteiger partial charge is 0.410 e. The maximum atomic E-state index is 12.0. The molecule has 1 aromatic heterocycles. The van der Waals surface area contributed by atoms with Gasteiger partial charge in [0.15, 0.2) is 0 Å². The number of nitrogens with zero attached hydrogens (tertiary/aromatic N) is 3. The Morgan fingerprint density at radius 2 is 1.77 bits per heavy atom. The van der Waals surface area contributed by atoms with Crippen molar-refractivity contribution in [1.82, 2.24) is 9.88 Å². The number of amides is 1. The fourth-order valence-electron chi connectivity index (χ4n) is 2.03. The van der Waals surface area contributed by atoms with Crippen molar-refractivity contribution in [2.75, 3.05) is 36.8 Å². The molecule has 1 aliphatic rings. The van der Waals surface area contributed by atoms with Crippen LogP contribution in [0.15, 0.2) is 18.3 Å². The first-order valence-corrected chi connectivity index (χ1v) is 7.79. The van der Waals surface area contributed by atoms with Gasteiger partial charge >= 0.3 is 6.09 Å². The largest absolute Gasteiger partial charge is 0.444 e. The summed E-state index contributed by atoms with van der Waals surface area (Å²) >= 11 is 0.